The molecule has 2 aliphatic rings. The Kier molecular flexibility index (Phi) is 2.25. The first-order chi connectivity index (χ1) is 7.30. The Labute approximate surface area is 97.7 Å². The Bertz CT molecular complexity index is 376. The molecule has 2 nitrogen and oxygen atoms in total. The molecule has 0 N–H and O–H groups in total. The van der Waals surface area contributed by atoms with E-state index in [1.165, 1.54) is 5.56 Å². The maximum atomic E-state index is 5.76. The van der Waals surface area contributed by atoms with Crippen LogP contribution in [0, 0.1) is 0 Å². The fourth-order valence-electron chi connectivity index (χ4n) is 2.55. The van der Waals surface area contributed by atoms with E-state index in [9.17, 15) is 0 Å². The third kappa shape index (κ3) is 1.49. The first-order valence-corrected chi connectivity index (χ1v) is 6.20. The molecule has 3 rings (SSSR count). The van der Waals surface area contributed by atoms with E-state index in [1.807, 2.05) is 6.07 Å². The van der Waals surface area contributed by atoms with Gasteiger partial charge in [0.25, 0.3) is 0 Å². The second-order valence-electron chi connectivity index (χ2n) is 4.30. The standard InChI is InChI=1S/C12H13BrO2/c13-11-7-12(5-6-14-11)8-15-10-4-2-1-3-9(10)12/h1-4,11H,5-8H2. The van der Waals surface area contributed by atoms with Crippen LogP contribution in [0.1, 0.15) is 18.4 Å². The van der Waals surface area contributed by atoms with Gasteiger partial charge >= 0.3 is 0 Å². The van der Waals surface area contributed by atoms with Crippen molar-refractivity contribution in [3.63, 3.8) is 0 Å². The van der Waals surface area contributed by atoms with Crippen LogP contribution in [0.3, 0.4) is 0 Å². The third-order valence-corrected chi connectivity index (χ3v) is 3.98. The summed E-state index contributed by atoms with van der Waals surface area (Å²) in [5.74, 6) is 1.05. The lowest BCUT2D eigenvalue weighted by Gasteiger charge is -2.34. The quantitative estimate of drug-likeness (QED) is 0.674. The zero-order valence-electron chi connectivity index (χ0n) is 8.41. The molecule has 0 aromatic heterocycles. The second kappa shape index (κ2) is 3.49. The average molecular weight is 269 g/mol. The van der Waals surface area contributed by atoms with Crippen LogP contribution >= 0.6 is 15.9 Å². The molecule has 1 aromatic rings. The Hall–Kier alpha value is -0.540. The predicted octanol–water partition coefficient (Wildman–Crippen LogP) is 2.85. The molecule has 0 aliphatic carbocycles. The molecular formula is C12H13BrO2. The van der Waals surface area contributed by atoms with E-state index in [1.54, 1.807) is 0 Å². The van der Waals surface area contributed by atoms with E-state index >= 15 is 0 Å². The van der Waals surface area contributed by atoms with E-state index in [-0.39, 0.29) is 10.4 Å². The summed E-state index contributed by atoms with van der Waals surface area (Å²) in [6.07, 6.45) is 2.07. The van der Waals surface area contributed by atoms with Crippen molar-refractivity contribution >= 4 is 15.9 Å². The van der Waals surface area contributed by atoms with Crippen LogP contribution in [0.4, 0.5) is 0 Å². The SMILES string of the molecule is BrC1CC2(CCO1)COc1ccccc12. The largest absolute Gasteiger partial charge is 0.492 e. The summed E-state index contributed by atoms with van der Waals surface area (Å²) < 4.78 is 11.3. The highest BCUT2D eigenvalue weighted by Gasteiger charge is 2.44. The molecular weight excluding hydrogens is 256 g/mol. The van der Waals surface area contributed by atoms with Crippen molar-refractivity contribution in [2.45, 2.75) is 23.3 Å². The van der Waals surface area contributed by atoms with Gasteiger partial charge in [-0.05, 0) is 18.9 Å². The number of ether oxygens (including phenoxy) is 2. The van der Waals surface area contributed by atoms with Crippen LogP contribution in [0.15, 0.2) is 24.3 Å². The lowest BCUT2D eigenvalue weighted by atomic mass is 9.76. The fourth-order valence-corrected chi connectivity index (χ4v) is 3.36. The first kappa shape index (κ1) is 9.67. The van der Waals surface area contributed by atoms with Crippen LogP contribution in [-0.4, -0.2) is 18.2 Å². The van der Waals surface area contributed by atoms with Crippen molar-refractivity contribution in [2.75, 3.05) is 13.2 Å². The summed E-state index contributed by atoms with van der Waals surface area (Å²) in [5, 5.41) is 0.168. The van der Waals surface area contributed by atoms with Gasteiger partial charge in [0.15, 0.2) is 0 Å². The molecule has 0 saturated carbocycles. The van der Waals surface area contributed by atoms with Crippen molar-refractivity contribution in [1.29, 1.82) is 0 Å². The maximum Gasteiger partial charge on any atom is 0.123 e. The molecule has 0 amide bonds. The number of rotatable bonds is 0. The molecule has 1 saturated heterocycles. The monoisotopic (exact) mass is 268 g/mol. The van der Waals surface area contributed by atoms with Crippen LogP contribution in [0.2, 0.25) is 0 Å². The molecule has 1 fully saturated rings. The Morgan fingerprint density at radius 3 is 3.07 bits per heavy atom. The maximum absolute atomic E-state index is 5.76. The molecule has 2 atom stereocenters. The van der Waals surface area contributed by atoms with Crippen molar-refractivity contribution < 1.29 is 9.47 Å². The number of hydrogen-bond donors (Lipinski definition) is 0. The number of hydrogen-bond acceptors (Lipinski definition) is 2. The van der Waals surface area contributed by atoms with Crippen molar-refractivity contribution in [3.8, 4) is 5.75 Å². The lowest BCUT2D eigenvalue weighted by Crippen LogP contribution is -2.37. The van der Waals surface area contributed by atoms with Crippen LogP contribution in [0.5, 0.6) is 5.75 Å². The summed E-state index contributed by atoms with van der Waals surface area (Å²) in [7, 11) is 0. The normalized spacial score (nSPS) is 33.8. The summed E-state index contributed by atoms with van der Waals surface area (Å²) in [5.41, 5.74) is 1.54. The number of halogens is 1. The topological polar surface area (TPSA) is 18.5 Å². The van der Waals surface area contributed by atoms with E-state index in [0.717, 1.165) is 31.8 Å². The van der Waals surface area contributed by atoms with Gasteiger partial charge in [-0.15, -0.1) is 0 Å². The molecule has 1 spiro atoms. The molecule has 0 bridgehead atoms. The summed E-state index contributed by atoms with van der Waals surface area (Å²) >= 11 is 3.55. The number of fused-ring (bicyclic) bond motifs is 2. The van der Waals surface area contributed by atoms with Crippen LogP contribution in [-0.2, 0) is 10.2 Å². The van der Waals surface area contributed by atoms with Gasteiger partial charge in [0, 0.05) is 17.6 Å². The number of para-hydroxylation sites is 1. The van der Waals surface area contributed by atoms with Crippen LogP contribution in [0.25, 0.3) is 0 Å². The van der Waals surface area contributed by atoms with Gasteiger partial charge in [-0.2, -0.15) is 0 Å². The first-order valence-electron chi connectivity index (χ1n) is 5.28. The predicted molar refractivity (Wildman–Crippen MR) is 61.5 cm³/mol. The van der Waals surface area contributed by atoms with Gasteiger partial charge < -0.3 is 9.47 Å². The van der Waals surface area contributed by atoms with E-state index in [0.29, 0.717) is 0 Å². The number of alkyl halides is 1. The Morgan fingerprint density at radius 1 is 1.33 bits per heavy atom. The zero-order chi connectivity index (χ0) is 10.3. The molecule has 0 radical (unpaired) electrons. The molecule has 2 heterocycles. The summed E-state index contributed by atoms with van der Waals surface area (Å²) in [4.78, 5) is 0. The Morgan fingerprint density at radius 2 is 2.20 bits per heavy atom. The second-order valence-corrected chi connectivity index (χ2v) is 5.32. The molecule has 80 valence electrons. The minimum Gasteiger partial charge on any atom is -0.492 e. The van der Waals surface area contributed by atoms with Gasteiger partial charge in [0.05, 0.1) is 6.61 Å². The van der Waals surface area contributed by atoms with Gasteiger partial charge in [-0.1, -0.05) is 34.1 Å². The van der Waals surface area contributed by atoms with E-state index in [4.69, 9.17) is 9.47 Å². The van der Waals surface area contributed by atoms with Crippen molar-refractivity contribution in [1.82, 2.24) is 0 Å². The molecule has 2 unspecified atom stereocenters. The smallest absolute Gasteiger partial charge is 0.123 e. The van der Waals surface area contributed by atoms with E-state index in [2.05, 4.69) is 34.1 Å². The zero-order valence-corrected chi connectivity index (χ0v) is 10.00. The summed E-state index contributed by atoms with van der Waals surface area (Å²) in [6, 6.07) is 8.37. The third-order valence-electron chi connectivity index (χ3n) is 3.39. The van der Waals surface area contributed by atoms with Gasteiger partial charge in [-0.25, -0.2) is 0 Å². The minimum absolute atomic E-state index is 0.168. The average Bonchev–Trinajstić information content (AvgIpc) is 2.59. The summed E-state index contributed by atoms with van der Waals surface area (Å²) in [6.45, 7) is 1.62. The van der Waals surface area contributed by atoms with Gasteiger partial charge in [-0.3, -0.25) is 0 Å². The van der Waals surface area contributed by atoms with Crippen molar-refractivity contribution in [3.05, 3.63) is 29.8 Å². The minimum atomic E-state index is 0.168. The fraction of sp³-hybridized carbons (Fsp3) is 0.500. The van der Waals surface area contributed by atoms with Gasteiger partial charge in [0.1, 0.15) is 10.8 Å². The lowest BCUT2D eigenvalue weighted by molar-refractivity contribution is 0.0257. The molecule has 15 heavy (non-hydrogen) atoms. The van der Waals surface area contributed by atoms with Gasteiger partial charge in [0.2, 0.25) is 0 Å². The van der Waals surface area contributed by atoms with Crippen LogP contribution < -0.4 is 4.74 Å². The highest BCUT2D eigenvalue weighted by molar-refractivity contribution is 9.09. The molecule has 3 heteroatoms. The highest BCUT2D eigenvalue weighted by Crippen LogP contribution is 2.46. The number of benzene rings is 1. The highest BCUT2D eigenvalue weighted by atomic mass is 79.9. The Balaban J connectivity index is 2.00. The van der Waals surface area contributed by atoms with E-state index < -0.39 is 0 Å². The molecule has 1 aromatic carbocycles. The van der Waals surface area contributed by atoms with Crippen molar-refractivity contribution in [2.24, 2.45) is 0 Å². The molecule has 2 aliphatic heterocycles.